The fourth-order valence-corrected chi connectivity index (χ4v) is 3.63. The van der Waals surface area contributed by atoms with Crippen LogP contribution < -0.4 is 10.5 Å². The number of nitrogen functional groups attached to an aromatic ring is 1. The highest BCUT2D eigenvalue weighted by atomic mass is 32.2. The van der Waals surface area contributed by atoms with Crippen LogP contribution in [0.5, 0.6) is 5.75 Å². The second kappa shape index (κ2) is 4.90. The lowest BCUT2D eigenvalue weighted by Crippen LogP contribution is -2.13. The highest BCUT2D eigenvalue weighted by Crippen LogP contribution is 2.26. The van der Waals surface area contributed by atoms with E-state index >= 15 is 0 Å². The topological polar surface area (TPSA) is 105 Å². The number of thiazole rings is 1. The van der Waals surface area contributed by atoms with Crippen LogP contribution in [0.2, 0.25) is 0 Å². The highest BCUT2D eigenvalue weighted by molar-refractivity contribution is 7.92. The molecule has 4 N–H and O–H groups in total. The van der Waals surface area contributed by atoms with Gasteiger partial charge in [-0.3, -0.25) is 4.72 Å². The number of sulfonamides is 1. The number of phenols is 1. The summed E-state index contributed by atoms with van der Waals surface area (Å²) >= 11 is 1.43. The lowest BCUT2D eigenvalue weighted by atomic mass is 10.3. The van der Waals surface area contributed by atoms with Gasteiger partial charge in [0.05, 0.1) is 32.0 Å². The van der Waals surface area contributed by atoms with Crippen LogP contribution in [-0.2, 0) is 10.0 Å². The number of anilines is 2. The zero-order valence-corrected chi connectivity index (χ0v) is 12.3. The molecule has 0 bridgehead atoms. The van der Waals surface area contributed by atoms with Crippen molar-refractivity contribution in [3.05, 3.63) is 41.9 Å². The quantitative estimate of drug-likeness (QED) is 0.507. The van der Waals surface area contributed by atoms with Crippen LogP contribution in [0, 0.1) is 0 Å². The predicted octanol–water partition coefficient (Wildman–Crippen LogP) is 2.38. The van der Waals surface area contributed by atoms with Gasteiger partial charge < -0.3 is 10.8 Å². The Hall–Kier alpha value is -2.32. The van der Waals surface area contributed by atoms with Crippen molar-refractivity contribution in [2.45, 2.75) is 4.90 Å². The number of rotatable bonds is 3. The summed E-state index contributed by atoms with van der Waals surface area (Å²) in [6.07, 6.45) is 0. The van der Waals surface area contributed by atoms with Gasteiger partial charge in [0.2, 0.25) is 0 Å². The lowest BCUT2D eigenvalue weighted by Gasteiger charge is -2.09. The monoisotopic (exact) mass is 321 g/mol. The third-order valence-electron chi connectivity index (χ3n) is 2.89. The zero-order chi connectivity index (χ0) is 15.0. The third kappa shape index (κ3) is 2.63. The average Bonchev–Trinajstić information content (AvgIpc) is 2.88. The van der Waals surface area contributed by atoms with Gasteiger partial charge in [0.25, 0.3) is 10.0 Å². The van der Waals surface area contributed by atoms with Gasteiger partial charge in [-0.05, 0) is 36.4 Å². The van der Waals surface area contributed by atoms with Crippen LogP contribution in [0.25, 0.3) is 10.2 Å². The molecule has 0 saturated carbocycles. The Balaban J connectivity index is 1.96. The van der Waals surface area contributed by atoms with Crippen molar-refractivity contribution in [1.29, 1.82) is 0 Å². The Labute approximate surface area is 124 Å². The summed E-state index contributed by atoms with van der Waals surface area (Å²) in [6, 6.07) is 8.85. The summed E-state index contributed by atoms with van der Waals surface area (Å²) in [4.78, 5) is 4.12. The number of benzene rings is 2. The number of hydrogen-bond acceptors (Lipinski definition) is 6. The molecule has 0 fully saturated rings. The van der Waals surface area contributed by atoms with E-state index in [1.54, 1.807) is 23.7 Å². The van der Waals surface area contributed by atoms with Crippen molar-refractivity contribution >= 4 is 43.0 Å². The minimum absolute atomic E-state index is 0.00999. The van der Waals surface area contributed by atoms with Crippen molar-refractivity contribution in [3.8, 4) is 5.75 Å². The summed E-state index contributed by atoms with van der Waals surface area (Å²) in [5.74, 6) is -0.153. The second-order valence-electron chi connectivity index (χ2n) is 4.36. The van der Waals surface area contributed by atoms with Crippen LogP contribution in [0.15, 0.2) is 46.8 Å². The van der Waals surface area contributed by atoms with E-state index in [4.69, 9.17) is 5.73 Å². The first-order valence-electron chi connectivity index (χ1n) is 5.90. The molecule has 0 amide bonds. The minimum atomic E-state index is -3.76. The lowest BCUT2D eigenvalue weighted by molar-refractivity contribution is 0.477. The Morgan fingerprint density at radius 2 is 2.00 bits per heavy atom. The van der Waals surface area contributed by atoms with E-state index < -0.39 is 10.0 Å². The molecule has 0 unspecified atom stereocenters. The van der Waals surface area contributed by atoms with Crippen LogP contribution in [0.1, 0.15) is 0 Å². The molecule has 0 aliphatic rings. The molecule has 8 heteroatoms. The van der Waals surface area contributed by atoms with Gasteiger partial charge in [-0.25, -0.2) is 13.4 Å². The number of phenolic OH excluding ortho intramolecular Hbond substituents is 1. The van der Waals surface area contributed by atoms with Gasteiger partial charge in [0, 0.05) is 0 Å². The fourth-order valence-electron chi connectivity index (χ4n) is 1.83. The summed E-state index contributed by atoms with van der Waals surface area (Å²) in [5.41, 5.74) is 8.49. The van der Waals surface area contributed by atoms with E-state index in [1.807, 2.05) is 0 Å². The fraction of sp³-hybridized carbons (Fsp3) is 0. The zero-order valence-electron chi connectivity index (χ0n) is 10.6. The summed E-state index contributed by atoms with van der Waals surface area (Å²) in [5, 5.41) is 9.35. The Bertz CT molecular complexity index is 919. The molecule has 0 spiro atoms. The molecule has 3 aromatic rings. The third-order valence-corrected chi connectivity index (χ3v) is 5.06. The first kappa shape index (κ1) is 13.7. The Morgan fingerprint density at radius 3 is 2.76 bits per heavy atom. The molecule has 2 aromatic carbocycles. The molecule has 3 rings (SSSR count). The SMILES string of the molecule is Nc1cc(S(=O)(=O)Nc2ccc3ncsc3c2)ccc1O. The maximum Gasteiger partial charge on any atom is 0.261 e. The largest absolute Gasteiger partial charge is 0.506 e. The maximum absolute atomic E-state index is 12.3. The number of fused-ring (bicyclic) bond motifs is 1. The first-order chi connectivity index (χ1) is 9.95. The van der Waals surface area contributed by atoms with Gasteiger partial charge in [-0.2, -0.15) is 0 Å². The van der Waals surface area contributed by atoms with Gasteiger partial charge >= 0.3 is 0 Å². The predicted molar refractivity (Wildman–Crippen MR) is 82.9 cm³/mol. The van der Waals surface area contributed by atoms with E-state index in [9.17, 15) is 13.5 Å². The molecular formula is C13H11N3O3S2. The number of nitrogens with zero attached hydrogens (tertiary/aromatic N) is 1. The van der Waals surface area contributed by atoms with Crippen LogP contribution >= 0.6 is 11.3 Å². The van der Waals surface area contributed by atoms with Crippen LogP contribution in [0.3, 0.4) is 0 Å². The molecule has 0 atom stereocenters. The average molecular weight is 321 g/mol. The van der Waals surface area contributed by atoms with Crippen LogP contribution in [-0.4, -0.2) is 18.5 Å². The molecule has 21 heavy (non-hydrogen) atoms. The van der Waals surface area contributed by atoms with Gasteiger partial charge in [0.1, 0.15) is 5.75 Å². The van der Waals surface area contributed by atoms with Crippen molar-refractivity contribution in [3.63, 3.8) is 0 Å². The number of aromatic nitrogens is 1. The molecule has 0 radical (unpaired) electrons. The minimum Gasteiger partial charge on any atom is -0.506 e. The molecule has 1 heterocycles. The van der Waals surface area contributed by atoms with Crippen LogP contribution in [0.4, 0.5) is 11.4 Å². The van der Waals surface area contributed by atoms with Crippen molar-refractivity contribution in [2.24, 2.45) is 0 Å². The first-order valence-corrected chi connectivity index (χ1v) is 8.26. The van der Waals surface area contributed by atoms with Crippen molar-refractivity contribution < 1.29 is 13.5 Å². The standard InChI is InChI=1S/C13H11N3O3S2/c14-10-6-9(2-4-12(10)17)21(18,19)16-8-1-3-11-13(5-8)20-7-15-11/h1-7,16-17H,14H2. The number of nitrogens with one attached hydrogen (secondary N) is 1. The summed E-state index contributed by atoms with van der Waals surface area (Å²) < 4.78 is 27.9. The van der Waals surface area contributed by atoms with Crippen molar-refractivity contribution in [2.75, 3.05) is 10.5 Å². The number of aromatic hydroxyl groups is 1. The van der Waals surface area contributed by atoms with E-state index in [2.05, 4.69) is 9.71 Å². The Kier molecular flexibility index (Phi) is 3.19. The van der Waals surface area contributed by atoms with E-state index in [0.717, 1.165) is 10.2 Å². The number of nitrogens with two attached hydrogens (primary N) is 1. The molecule has 108 valence electrons. The van der Waals surface area contributed by atoms with Gasteiger partial charge in [0.15, 0.2) is 0 Å². The molecule has 1 aromatic heterocycles. The second-order valence-corrected chi connectivity index (χ2v) is 6.93. The van der Waals surface area contributed by atoms with E-state index in [-0.39, 0.29) is 16.3 Å². The normalized spacial score (nSPS) is 11.6. The molecule has 0 aliphatic heterocycles. The van der Waals surface area contributed by atoms with E-state index in [0.29, 0.717) is 5.69 Å². The van der Waals surface area contributed by atoms with Gasteiger partial charge in [-0.1, -0.05) is 0 Å². The molecular weight excluding hydrogens is 310 g/mol. The Morgan fingerprint density at radius 1 is 1.19 bits per heavy atom. The molecule has 0 aliphatic carbocycles. The summed E-state index contributed by atoms with van der Waals surface area (Å²) in [6.45, 7) is 0. The van der Waals surface area contributed by atoms with Crippen molar-refractivity contribution in [1.82, 2.24) is 4.98 Å². The van der Waals surface area contributed by atoms with E-state index in [1.165, 1.54) is 29.5 Å². The maximum atomic E-state index is 12.3. The highest BCUT2D eigenvalue weighted by Gasteiger charge is 2.16. The molecule has 6 nitrogen and oxygen atoms in total. The van der Waals surface area contributed by atoms with Gasteiger partial charge in [-0.15, -0.1) is 11.3 Å². The summed E-state index contributed by atoms with van der Waals surface area (Å²) in [7, 11) is -3.76. The smallest absolute Gasteiger partial charge is 0.261 e. The molecule has 0 saturated heterocycles. The number of hydrogen-bond donors (Lipinski definition) is 3.